The number of carbonyl (C=O) groups is 1. The highest BCUT2D eigenvalue weighted by molar-refractivity contribution is 5.90. The lowest BCUT2D eigenvalue weighted by Gasteiger charge is -2.10. The Morgan fingerprint density at radius 3 is 3.05 bits per heavy atom. The molecule has 1 atom stereocenters. The van der Waals surface area contributed by atoms with E-state index in [9.17, 15) is 4.79 Å². The molecule has 0 spiro atoms. The van der Waals surface area contributed by atoms with Gasteiger partial charge in [0.25, 0.3) is 0 Å². The minimum Gasteiger partial charge on any atom is -0.326 e. The van der Waals surface area contributed by atoms with Gasteiger partial charge in [-0.3, -0.25) is 4.79 Å². The summed E-state index contributed by atoms with van der Waals surface area (Å²) in [7, 11) is 0. The predicted octanol–water partition coefficient (Wildman–Crippen LogP) is 2.62. The number of rotatable bonds is 5. The van der Waals surface area contributed by atoms with Crippen molar-refractivity contribution in [2.75, 3.05) is 18.4 Å². The number of nitrogens with one attached hydrogen (secondary N) is 2. The normalized spacial score (nSPS) is 17.0. The number of aromatic nitrogens is 2. The minimum atomic E-state index is 0. The molecule has 118 valence electrons. The molecule has 1 aromatic heterocycles. The molecule has 2 heterocycles. The SMILES string of the molecule is Cl.O=C(CCC1CCNC1)Nc1cccc(-n2cccn2)c1. The van der Waals surface area contributed by atoms with Crippen molar-refractivity contribution in [3.8, 4) is 5.69 Å². The first-order valence-corrected chi connectivity index (χ1v) is 7.42. The van der Waals surface area contributed by atoms with Crippen LogP contribution in [0.3, 0.4) is 0 Å². The number of anilines is 1. The van der Waals surface area contributed by atoms with Crippen molar-refractivity contribution in [1.29, 1.82) is 0 Å². The third-order valence-electron chi connectivity index (χ3n) is 3.84. The molecule has 5 nitrogen and oxygen atoms in total. The summed E-state index contributed by atoms with van der Waals surface area (Å²) >= 11 is 0. The highest BCUT2D eigenvalue weighted by Crippen LogP contribution is 2.17. The van der Waals surface area contributed by atoms with Crippen molar-refractivity contribution in [2.24, 2.45) is 5.92 Å². The molecule has 2 N–H and O–H groups in total. The third kappa shape index (κ3) is 4.32. The summed E-state index contributed by atoms with van der Waals surface area (Å²) in [5.74, 6) is 0.727. The molecule has 0 aliphatic carbocycles. The number of benzene rings is 1. The molecule has 1 saturated heterocycles. The summed E-state index contributed by atoms with van der Waals surface area (Å²) in [5, 5.41) is 10.5. The van der Waals surface area contributed by atoms with Gasteiger partial charge in [-0.25, -0.2) is 4.68 Å². The van der Waals surface area contributed by atoms with E-state index in [0.29, 0.717) is 12.3 Å². The smallest absolute Gasteiger partial charge is 0.224 e. The van der Waals surface area contributed by atoms with Crippen LogP contribution in [0.4, 0.5) is 5.69 Å². The van der Waals surface area contributed by atoms with Crippen LogP contribution in [0.1, 0.15) is 19.3 Å². The molecular formula is C16H21ClN4O. The maximum atomic E-state index is 12.0. The second-order valence-electron chi connectivity index (χ2n) is 5.45. The van der Waals surface area contributed by atoms with Crippen molar-refractivity contribution in [3.63, 3.8) is 0 Å². The second-order valence-corrected chi connectivity index (χ2v) is 5.45. The Bertz CT molecular complexity index is 594. The Hall–Kier alpha value is -1.85. The molecule has 2 aromatic rings. The maximum absolute atomic E-state index is 12.0. The van der Waals surface area contributed by atoms with Gasteiger partial charge in [-0.15, -0.1) is 12.4 Å². The quantitative estimate of drug-likeness (QED) is 0.890. The summed E-state index contributed by atoms with van der Waals surface area (Å²) < 4.78 is 1.78. The van der Waals surface area contributed by atoms with E-state index in [4.69, 9.17) is 0 Å². The second kappa shape index (κ2) is 7.96. The van der Waals surface area contributed by atoms with Gasteiger partial charge in [0.2, 0.25) is 5.91 Å². The molecule has 1 aliphatic rings. The number of carbonyl (C=O) groups excluding carboxylic acids is 1. The summed E-state index contributed by atoms with van der Waals surface area (Å²) in [4.78, 5) is 12.0. The molecule has 1 amide bonds. The Labute approximate surface area is 136 Å². The van der Waals surface area contributed by atoms with Crippen LogP contribution in [0.5, 0.6) is 0 Å². The van der Waals surface area contributed by atoms with Crippen LogP contribution >= 0.6 is 12.4 Å². The molecule has 3 rings (SSSR count). The highest BCUT2D eigenvalue weighted by atomic mass is 35.5. The van der Waals surface area contributed by atoms with E-state index in [1.165, 1.54) is 6.42 Å². The van der Waals surface area contributed by atoms with Crippen LogP contribution in [0.15, 0.2) is 42.7 Å². The molecule has 1 aromatic carbocycles. The summed E-state index contributed by atoms with van der Waals surface area (Å²) in [6.07, 6.45) is 6.34. The average molecular weight is 321 g/mol. The van der Waals surface area contributed by atoms with Crippen LogP contribution in [0.25, 0.3) is 5.69 Å². The zero-order valence-corrected chi connectivity index (χ0v) is 13.2. The van der Waals surface area contributed by atoms with Gasteiger partial charge in [0, 0.05) is 24.5 Å². The molecule has 22 heavy (non-hydrogen) atoms. The monoisotopic (exact) mass is 320 g/mol. The van der Waals surface area contributed by atoms with E-state index in [0.717, 1.165) is 30.9 Å². The van der Waals surface area contributed by atoms with E-state index in [2.05, 4.69) is 15.7 Å². The molecule has 0 radical (unpaired) electrons. The minimum absolute atomic E-state index is 0. The lowest BCUT2D eigenvalue weighted by Crippen LogP contribution is -2.15. The van der Waals surface area contributed by atoms with Crippen molar-refractivity contribution in [3.05, 3.63) is 42.7 Å². The standard InChI is InChI=1S/C16H20N4O.ClH/c21-16(6-5-13-7-9-17-12-13)19-14-3-1-4-15(11-14)20-10-2-8-18-20;/h1-4,8,10-11,13,17H,5-7,9,12H2,(H,19,21);1H. The summed E-state index contributed by atoms with van der Waals surface area (Å²) in [6, 6.07) is 9.60. The van der Waals surface area contributed by atoms with Crippen molar-refractivity contribution in [2.45, 2.75) is 19.3 Å². The van der Waals surface area contributed by atoms with Gasteiger partial charge in [0.15, 0.2) is 0 Å². The fourth-order valence-corrected chi connectivity index (χ4v) is 2.67. The van der Waals surface area contributed by atoms with Crippen molar-refractivity contribution in [1.82, 2.24) is 15.1 Å². The topological polar surface area (TPSA) is 59.0 Å². The van der Waals surface area contributed by atoms with Crippen LogP contribution in [0, 0.1) is 5.92 Å². The van der Waals surface area contributed by atoms with Crippen LogP contribution < -0.4 is 10.6 Å². The predicted molar refractivity (Wildman–Crippen MR) is 89.7 cm³/mol. The van der Waals surface area contributed by atoms with Gasteiger partial charge in [-0.1, -0.05) is 6.07 Å². The van der Waals surface area contributed by atoms with Gasteiger partial charge in [0.05, 0.1) is 5.69 Å². The lowest BCUT2D eigenvalue weighted by atomic mass is 10.0. The zero-order valence-electron chi connectivity index (χ0n) is 12.4. The Kier molecular flexibility index (Phi) is 5.98. The molecule has 1 aliphatic heterocycles. The molecule has 1 fully saturated rings. The van der Waals surface area contributed by atoms with Gasteiger partial charge in [-0.2, -0.15) is 5.10 Å². The fraction of sp³-hybridized carbons (Fsp3) is 0.375. The van der Waals surface area contributed by atoms with Gasteiger partial charge >= 0.3 is 0 Å². The van der Waals surface area contributed by atoms with Crippen molar-refractivity contribution >= 4 is 24.0 Å². The van der Waals surface area contributed by atoms with E-state index >= 15 is 0 Å². The molecule has 0 saturated carbocycles. The third-order valence-corrected chi connectivity index (χ3v) is 3.84. The van der Waals surface area contributed by atoms with E-state index in [-0.39, 0.29) is 18.3 Å². The highest BCUT2D eigenvalue weighted by Gasteiger charge is 2.15. The Morgan fingerprint density at radius 2 is 2.32 bits per heavy atom. The Morgan fingerprint density at radius 1 is 1.41 bits per heavy atom. The van der Waals surface area contributed by atoms with E-state index in [1.54, 1.807) is 10.9 Å². The zero-order chi connectivity index (χ0) is 14.5. The molecule has 6 heteroatoms. The van der Waals surface area contributed by atoms with Crippen LogP contribution in [0.2, 0.25) is 0 Å². The van der Waals surface area contributed by atoms with Gasteiger partial charge < -0.3 is 10.6 Å². The van der Waals surface area contributed by atoms with Gasteiger partial charge in [0.1, 0.15) is 0 Å². The lowest BCUT2D eigenvalue weighted by molar-refractivity contribution is -0.116. The largest absolute Gasteiger partial charge is 0.326 e. The van der Waals surface area contributed by atoms with Crippen LogP contribution in [-0.4, -0.2) is 28.8 Å². The number of hydrogen-bond donors (Lipinski definition) is 2. The first kappa shape index (κ1) is 16.5. The average Bonchev–Trinajstić information content (AvgIpc) is 3.19. The first-order valence-electron chi connectivity index (χ1n) is 7.42. The molecular weight excluding hydrogens is 300 g/mol. The summed E-state index contributed by atoms with van der Waals surface area (Å²) in [6.45, 7) is 2.13. The fourth-order valence-electron chi connectivity index (χ4n) is 2.67. The Balaban J connectivity index is 0.00000176. The summed E-state index contributed by atoms with van der Waals surface area (Å²) in [5.41, 5.74) is 1.76. The first-order chi connectivity index (χ1) is 10.3. The number of halogens is 1. The van der Waals surface area contributed by atoms with E-state index < -0.39 is 0 Å². The molecule has 1 unspecified atom stereocenters. The van der Waals surface area contributed by atoms with Crippen LogP contribution in [-0.2, 0) is 4.79 Å². The van der Waals surface area contributed by atoms with Gasteiger partial charge in [-0.05, 0) is 56.1 Å². The number of hydrogen-bond acceptors (Lipinski definition) is 3. The molecule has 0 bridgehead atoms. The number of amides is 1. The van der Waals surface area contributed by atoms with E-state index in [1.807, 2.05) is 36.5 Å². The maximum Gasteiger partial charge on any atom is 0.224 e. The van der Waals surface area contributed by atoms with Crippen molar-refractivity contribution < 1.29 is 4.79 Å². The number of nitrogens with zero attached hydrogens (tertiary/aromatic N) is 2.